The first-order valence-electron chi connectivity index (χ1n) is 7.77. The zero-order valence-electron chi connectivity index (χ0n) is 14.0. The predicted molar refractivity (Wildman–Crippen MR) is 97.7 cm³/mol. The van der Waals surface area contributed by atoms with Gasteiger partial charge in [-0.25, -0.2) is 0 Å². The molecule has 1 fully saturated rings. The molecular formula is C17H26Cl2N2O2. The summed E-state index contributed by atoms with van der Waals surface area (Å²) in [6.45, 7) is 8.73. The van der Waals surface area contributed by atoms with Gasteiger partial charge in [-0.05, 0) is 44.2 Å². The second-order valence-corrected chi connectivity index (χ2v) is 6.29. The Morgan fingerprint density at radius 3 is 2.30 bits per heavy atom. The molecule has 130 valence electrons. The summed E-state index contributed by atoms with van der Waals surface area (Å²) in [7, 11) is 2.14. The Balaban J connectivity index is 0.00000132. The van der Waals surface area contributed by atoms with E-state index < -0.39 is 0 Å². The molecular weight excluding hydrogens is 335 g/mol. The minimum Gasteiger partial charge on any atom is -0.493 e. The highest BCUT2D eigenvalue weighted by Gasteiger charge is 2.32. The maximum Gasteiger partial charge on any atom is 0.183 e. The second-order valence-electron chi connectivity index (χ2n) is 6.29. The molecule has 0 spiro atoms. The molecule has 1 saturated heterocycles. The SMILES string of the molecule is Cc1cc2c(cc1C)C(=O)C(N1CCN(C)CC1)CCO2.Cl.Cl. The number of ketones is 1. The highest BCUT2D eigenvalue weighted by molar-refractivity contribution is 6.03. The maximum atomic E-state index is 12.9. The molecule has 0 saturated carbocycles. The normalized spacial score (nSPS) is 22.2. The van der Waals surface area contributed by atoms with Crippen LogP contribution in [-0.2, 0) is 0 Å². The van der Waals surface area contributed by atoms with Crippen LogP contribution in [-0.4, -0.2) is 61.5 Å². The van der Waals surface area contributed by atoms with Gasteiger partial charge in [0.2, 0.25) is 0 Å². The van der Waals surface area contributed by atoms with Crippen molar-refractivity contribution in [1.29, 1.82) is 0 Å². The van der Waals surface area contributed by atoms with Crippen molar-refractivity contribution in [2.24, 2.45) is 0 Å². The van der Waals surface area contributed by atoms with Crippen molar-refractivity contribution >= 4 is 30.6 Å². The van der Waals surface area contributed by atoms with E-state index in [1.807, 2.05) is 12.1 Å². The van der Waals surface area contributed by atoms with Crippen LogP contribution in [0.1, 0.15) is 27.9 Å². The van der Waals surface area contributed by atoms with E-state index in [4.69, 9.17) is 4.74 Å². The first-order valence-corrected chi connectivity index (χ1v) is 7.77. The lowest BCUT2D eigenvalue weighted by Gasteiger charge is -2.36. The number of benzene rings is 1. The van der Waals surface area contributed by atoms with Crippen molar-refractivity contribution in [3.63, 3.8) is 0 Å². The molecule has 4 nitrogen and oxygen atoms in total. The fourth-order valence-electron chi connectivity index (χ4n) is 3.17. The molecule has 1 unspecified atom stereocenters. The molecule has 1 aromatic rings. The second kappa shape index (κ2) is 8.34. The number of halogens is 2. The first-order chi connectivity index (χ1) is 10.1. The summed E-state index contributed by atoms with van der Waals surface area (Å²) in [5, 5.41) is 0. The van der Waals surface area contributed by atoms with Crippen molar-refractivity contribution in [2.75, 3.05) is 39.8 Å². The van der Waals surface area contributed by atoms with Crippen LogP contribution in [0.15, 0.2) is 12.1 Å². The molecule has 6 heteroatoms. The van der Waals surface area contributed by atoms with E-state index in [0.29, 0.717) is 6.61 Å². The quantitative estimate of drug-likeness (QED) is 0.770. The van der Waals surface area contributed by atoms with Crippen LogP contribution >= 0.6 is 24.8 Å². The van der Waals surface area contributed by atoms with E-state index in [1.165, 1.54) is 5.56 Å². The molecule has 0 N–H and O–H groups in total. The number of nitrogens with zero attached hydrogens (tertiary/aromatic N) is 2. The van der Waals surface area contributed by atoms with Gasteiger partial charge in [0.15, 0.2) is 5.78 Å². The van der Waals surface area contributed by atoms with Gasteiger partial charge in [0, 0.05) is 32.6 Å². The molecule has 0 radical (unpaired) electrons. The number of likely N-dealkylation sites (N-methyl/N-ethyl adjacent to an activating group) is 1. The minimum absolute atomic E-state index is 0. The lowest BCUT2D eigenvalue weighted by atomic mass is 9.96. The van der Waals surface area contributed by atoms with Crippen molar-refractivity contribution < 1.29 is 9.53 Å². The van der Waals surface area contributed by atoms with Crippen molar-refractivity contribution in [2.45, 2.75) is 26.3 Å². The Bertz CT molecular complexity index is 558. The Labute approximate surface area is 151 Å². The third-order valence-corrected chi connectivity index (χ3v) is 4.79. The van der Waals surface area contributed by atoms with Crippen LogP contribution < -0.4 is 4.74 Å². The lowest BCUT2D eigenvalue weighted by molar-refractivity contribution is 0.0680. The summed E-state index contributed by atoms with van der Waals surface area (Å²) in [5.74, 6) is 0.995. The van der Waals surface area contributed by atoms with E-state index >= 15 is 0 Å². The number of Topliss-reactive ketones (excluding diaryl/α,β-unsaturated/α-hetero) is 1. The fourth-order valence-corrected chi connectivity index (χ4v) is 3.17. The monoisotopic (exact) mass is 360 g/mol. The van der Waals surface area contributed by atoms with Crippen LogP contribution in [0.25, 0.3) is 0 Å². The van der Waals surface area contributed by atoms with Gasteiger partial charge in [0.1, 0.15) is 5.75 Å². The molecule has 0 amide bonds. The number of hydrogen-bond acceptors (Lipinski definition) is 4. The summed E-state index contributed by atoms with van der Waals surface area (Å²) in [5.41, 5.74) is 3.10. The molecule has 2 aliphatic rings. The van der Waals surface area contributed by atoms with Crippen molar-refractivity contribution in [3.05, 3.63) is 28.8 Å². The highest BCUT2D eigenvalue weighted by Crippen LogP contribution is 2.29. The van der Waals surface area contributed by atoms with E-state index in [2.05, 4.69) is 30.7 Å². The number of hydrogen-bond donors (Lipinski definition) is 0. The average molecular weight is 361 g/mol. The number of piperazine rings is 1. The van der Waals surface area contributed by atoms with Crippen LogP contribution in [0.3, 0.4) is 0 Å². The van der Waals surface area contributed by atoms with Gasteiger partial charge in [-0.1, -0.05) is 0 Å². The standard InChI is InChI=1S/C17H24N2O2.2ClH/c1-12-10-14-16(11-13(12)2)21-9-4-15(17(14)20)19-7-5-18(3)6-8-19;;/h10-11,15H,4-9H2,1-3H3;2*1H. The molecule has 0 aromatic heterocycles. The average Bonchev–Trinajstić information content (AvgIpc) is 2.61. The third-order valence-electron chi connectivity index (χ3n) is 4.79. The van der Waals surface area contributed by atoms with Gasteiger partial charge in [-0.15, -0.1) is 24.8 Å². The summed E-state index contributed by atoms with van der Waals surface area (Å²) >= 11 is 0. The Morgan fingerprint density at radius 2 is 1.65 bits per heavy atom. The van der Waals surface area contributed by atoms with Gasteiger partial charge in [0.05, 0.1) is 18.2 Å². The fraction of sp³-hybridized carbons (Fsp3) is 0.588. The number of ether oxygens (including phenoxy) is 1. The van der Waals surface area contributed by atoms with Crippen molar-refractivity contribution in [3.8, 4) is 5.75 Å². The number of fused-ring (bicyclic) bond motifs is 1. The van der Waals surface area contributed by atoms with E-state index in [0.717, 1.165) is 49.5 Å². The molecule has 0 aliphatic carbocycles. The van der Waals surface area contributed by atoms with Crippen LogP contribution in [0.2, 0.25) is 0 Å². The first kappa shape index (κ1) is 20.2. The van der Waals surface area contributed by atoms with Crippen LogP contribution in [0, 0.1) is 13.8 Å². The highest BCUT2D eigenvalue weighted by atomic mass is 35.5. The van der Waals surface area contributed by atoms with E-state index in [-0.39, 0.29) is 36.6 Å². The van der Waals surface area contributed by atoms with Crippen LogP contribution in [0.5, 0.6) is 5.75 Å². The van der Waals surface area contributed by atoms with Crippen LogP contribution in [0.4, 0.5) is 0 Å². The van der Waals surface area contributed by atoms with Gasteiger partial charge < -0.3 is 9.64 Å². The number of carbonyl (C=O) groups excluding carboxylic acids is 1. The van der Waals surface area contributed by atoms with Gasteiger partial charge >= 0.3 is 0 Å². The minimum atomic E-state index is -0.0259. The molecule has 23 heavy (non-hydrogen) atoms. The molecule has 2 heterocycles. The molecule has 0 bridgehead atoms. The zero-order chi connectivity index (χ0) is 15.0. The summed E-state index contributed by atoms with van der Waals surface area (Å²) in [4.78, 5) is 17.6. The number of carbonyl (C=O) groups is 1. The molecule has 3 rings (SSSR count). The molecule has 1 atom stereocenters. The Kier molecular flexibility index (Phi) is 7.33. The Morgan fingerprint density at radius 1 is 1.04 bits per heavy atom. The Hall–Kier alpha value is -0.810. The smallest absolute Gasteiger partial charge is 0.183 e. The lowest BCUT2D eigenvalue weighted by Crippen LogP contribution is -2.51. The van der Waals surface area contributed by atoms with Gasteiger partial charge in [-0.2, -0.15) is 0 Å². The number of aryl methyl sites for hydroxylation is 2. The van der Waals surface area contributed by atoms with Crippen molar-refractivity contribution in [1.82, 2.24) is 9.80 Å². The maximum absolute atomic E-state index is 12.9. The van der Waals surface area contributed by atoms with E-state index in [9.17, 15) is 4.79 Å². The number of rotatable bonds is 1. The summed E-state index contributed by atoms with van der Waals surface area (Å²) in [6, 6.07) is 3.98. The van der Waals surface area contributed by atoms with E-state index in [1.54, 1.807) is 0 Å². The van der Waals surface area contributed by atoms with Gasteiger partial charge in [0.25, 0.3) is 0 Å². The third kappa shape index (κ3) is 4.18. The topological polar surface area (TPSA) is 32.8 Å². The summed E-state index contributed by atoms with van der Waals surface area (Å²) < 4.78 is 5.84. The predicted octanol–water partition coefficient (Wildman–Crippen LogP) is 2.73. The summed E-state index contributed by atoms with van der Waals surface area (Å²) in [6.07, 6.45) is 0.787. The zero-order valence-corrected chi connectivity index (χ0v) is 15.6. The largest absolute Gasteiger partial charge is 0.493 e. The van der Waals surface area contributed by atoms with Gasteiger partial charge in [-0.3, -0.25) is 9.69 Å². The molecule has 2 aliphatic heterocycles. The molecule has 1 aromatic carbocycles.